The summed E-state index contributed by atoms with van der Waals surface area (Å²) in [4.78, 5) is 50.5. The normalized spacial score (nSPS) is 14.0. The summed E-state index contributed by atoms with van der Waals surface area (Å²) in [5.41, 5.74) is 3.63. The summed E-state index contributed by atoms with van der Waals surface area (Å²) in [5, 5.41) is 0.668. The maximum absolute atomic E-state index is 15.4. The van der Waals surface area contributed by atoms with Crippen LogP contribution in [0.4, 0.5) is 25.0 Å². The molecule has 15 heteroatoms. The van der Waals surface area contributed by atoms with Gasteiger partial charge in [0, 0.05) is 59.8 Å². The van der Waals surface area contributed by atoms with Crippen LogP contribution in [0.2, 0.25) is 0 Å². The van der Waals surface area contributed by atoms with E-state index in [4.69, 9.17) is 9.47 Å². The van der Waals surface area contributed by atoms with Gasteiger partial charge in [-0.2, -0.15) is 8.75 Å². The van der Waals surface area contributed by atoms with Crippen LogP contribution in [0.3, 0.4) is 0 Å². The molecule has 0 aliphatic carbocycles. The van der Waals surface area contributed by atoms with Crippen LogP contribution in [-0.4, -0.2) is 63.6 Å². The quantitative estimate of drug-likeness (QED) is 0.0755. The zero-order valence-electron chi connectivity index (χ0n) is 28.5. The van der Waals surface area contributed by atoms with Gasteiger partial charge in [0.05, 0.1) is 11.1 Å². The lowest BCUT2D eigenvalue weighted by Crippen LogP contribution is -2.17. The van der Waals surface area contributed by atoms with Crippen molar-refractivity contribution in [1.29, 1.82) is 0 Å². The van der Waals surface area contributed by atoms with Crippen LogP contribution < -0.4 is 19.3 Å². The molecule has 2 saturated heterocycles. The molecule has 2 aromatic heterocycles. The molecule has 2 aliphatic rings. The van der Waals surface area contributed by atoms with E-state index in [-0.39, 0.29) is 22.3 Å². The minimum Gasteiger partial charge on any atom is -0.391 e. The first kappa shape index (κ1) is 35.1. The largest absolute Gasteiger partial charge is 0.519 e. The van der Waals surface area contributed by atoms with Crippen molar-refractivity contribution in [2.45, 2.75) is 25.7 Å². The van der Waals surface area contributed by atoms with Gasteiger partial charge in [-0.15, -0.1) is 0 Å². The Balaban J connectivity index is 0.959. The highest BCUT2D eigenvalue weighted by molar-refractivity contribution is 7.09. The predicted molar refractivity (Wildman–Crippen MR) is 202 cm³/mol. The molecule has 4 aromatic carbocycles. The lowest BCUT2D eigenvalue weighted by atomic mass is 10.1. The molecule has 2 fully saturated rings. The molecule has 0 amide bonds. The minimum atomic E-state index is -1.56. The molecule has 0 bridgehead atoms. The molecule has 11 nitrogen and oxygen atoms in total. The minimum absolute atomic E-state index is 0.233. The van der Waals surface area contributed by atoms with Crippen LogP contribution in [0, 0.1) is 11.6 Å². The number of aldehydes is 2. The van der Waals surface area contributed by atoms with Crippen molar-refractivity contribution in [2.75, 3.05) is 36.0 Å². The Morgan fingerprint density at radius 2 is 0.981 bits per heavy atom. The zero-order valence-corrected chi connectivity index (χ0v) is 30.2. The molecule has 6 aromatic rings. The molecule has 0 radical (unpaired) electrons. The molecule has 4 heterocycles. The van der Waals surface area contributed by atoms with Crippen molar-refractivity contribution < 1.29 is 32.6 Å². The Labute approximate surface area is 316 Å². The lowest BCUT2D eigenvalue weighted by Gasteiger charge is -2.17. The number of hydrogen-bond donors (Lipinski definition) is 0. The van der Waals surface area contributed by atoms with Gasteiger partial charge < -0.3 is 19.3 Å². The van der Waals surface area contributed by atoms with Crippen molar-refractivity contribution in [1.82, 2.24) is 18.7 Å². The molecule has 272 valence electrons. The van der Waals surface area contributed by atoms with E-state index in [9.17, 15) is 14.4 Å². The molecule has 0 atom stereocenters. The van der Waals surface area contributed by atoms with E-state index in [1.54, 1.807) is 0 Å². The fraction of sp³-hybridized carbons (Fsp3) is 0.205. The SMILES string of the molecule is O=Cc1cc(-c2nc(-c3ccc(N4CCCC4)cc3)ns2)cc(F)c1OC(=O)Oc1c(F)cc(-c2nc(-c3ccc(N4CCCC4)cc3)ns2)cc1C=O. The summed E-state index contributed by atoms with van der Waals surface area (Å²) in [5.74, 6) is -2.73. The van der Waals surface area contributed by atoms with E-state index in [0.717, 1.165) is 83.9 Å². The summed E-state index contributed by atoms with van der Waals surface area (Å²) in [6, 6.07) is 20.4. The number of nitrogens with zero attached hydrogens (tertiary/aromatic N) is 6. The summed E-state index contributed by atoms with van der Waals surface area (Å²) in [7, 11) is 0. The van der Waals surface area contributed by atoms with Crippen molar-refractivity contribution in [3.05, 3.63) is 95.6 Å². The highest BCUT2D eigenvalue weighted by atomic mass is 32.1. The van der Waals surface area contributed by atoms with Crippen molar-refractivity contribution in [3.63, 3.8) is 0 Å². The lowest BCUT2D eigenvalue weighted by molar-refractivity contribution is 0.111. The third-order valence-electron chi connectivity index (χ3n) is 9.31. The van der Waals surface area contributed by atoms with E-state index in [1.807, 2.05) is 48.5 Å². The standard InChI is InChI=1S/C39H30F2N6O5S2/c40-31-19-25(37-42-35(44-53-37)23-5-9-29(10-6-23)46-13-1-2-14-46)17-27(21-48)33(31)51-39(50)52-34-28(22-49)18-26(20-32(34)41)38-43-36(45-54-38)24-7-11-30(12-8-24)47-15-3-4-16-47/h5-12,17-22H,1-4,13-16H2. The van der Waals surface area contributed by atoms with Gasteiger partial charge in [-0.3, -0.25) is 9.59 Å². The fourth-order valence-electron chi connectivity index (χ4n) is 6.56. The second-order valence-electron chi connectivity index (χ2n) is 12.8. The summed E-state index contributed by atoms with van der Waals surface area (Å²) < 4.78 is 49.7. The van der Waals surface area contributed by atoms with Crippen molar-refractivity contribution in [3.8, 4) is 55.4 Å². The Bertz CT molecular complexity index is 2190. The average Bonchev–Trinajstić information content (AvgIpc) is 4.05. The number of aromatic nitrogens is 4. The Morgan fingerprint density at radius 1 is 0.593 bits per heavy atom. The van der Waals surface area contributed by atoms with E-state index in [1.165, 1.54) is 37.8 Å². The van der Waals surface area contributed by atoms with Crippen LogP contribution >= 0.6 is 23.1 Å². The molecule has 0 spiro atoms. The monoisotopic (exact) mass is 764 g/mol. The number of anilines is 2. The molecule has 0 N–H and O–H groups in total. The van der Waals surface area contributed by atoms with E-state index in [0.29, 0.717) is 34.2 Å². The maximum Gasteiger partial charge on any atom is 0.519 e. The maximum atomic E-state index is 15.4. The third kappa shape index (κ3) is 7.19. The predicted octanol–water partition coefficient (Wildman–Crippen LogP) is 8.74. The summed E-state index contributed by atoms with van der Waals surface area (Å²) in [6.07, 6.45) is 3.71. The molecule has 0 saturated carbocycles. The van der Waals surface area contributed by atoms with Crippen LogP contribution in [0.5, 0.6) is 11.5 Å². The molecular formula is C39H30F2N6O5S2. The topological polar surface area (TPSA) is 128 Å². The molecular weight excluding hydrogens is 735 g/mol. The van der Waals surface area contributed by atoms with E-state index >= 15 is 8.78 Å². The number of rotatable bonds is 10. The van der Waals surface area contributed by atoms with Gasteiger partial charge in [0.15, 0.2) is 47.4 Å². The summed E-state index contributed by atoms with van der Waals surface area (Å²) in [6.45, 7) is 4.08. The second-order valence-corrected chi connectivity index (χ2v) is 14.3. The number of ether oxygens (including phenoxy) is 2. The highest BCUT2D eigenvalue weighted by Gasteiger charge is 2.24. The number of hydrogen-bond acceptors (Lipinski definition) is 13. The highest BCUT2D eigenvalue weighted by Crippen LogP contribution is 2.35. The van der Waals surface area contributed by atoms with Crippen LogP contribution in [-0.2, 0) is 0 Å². The molecule has 0 unspecified atom stereocenters. The van der Waals surface area contributed by atoms with Crippen LogP contribution in [0.25, 0.3) is 43.9 Å². The van der Waals surface area contributed by atoms with Crippen LogP contribution in [0.15, 0.2) is 72.8 Å². The molecule has 2 aliphatic heterocycles. The number of carbonyl (C=O) groups is 3. The van der Waals surface area contributed by atoms with Gasteiger partial charge in [-0.05, 0) is 122 Å². The van der Waals surface area contributed by atoms with Crippen molar-refractivity contribution >= 4 is 53.2 Å². The number of benzene rings is 4. The molecule has 8 rings (SSSR count). The van der Waals surface area contributed by atoms with Crippen molar-refractivity contribution in [2.24, 2.45) is 0 Å². The Morgan fingerprint density at radius 3 is 1.35 bits per heavy atom. The van der Waals surface area contributed by atoms with E-state index < -0.39 is 29.3 Å². The van der Waals surface area contributed by atoms with Crippen LogP contribution in [0.1, 0.15) is 46.4 Å². The van der Waals surface area contributed by atoms with Gasteiger partial charge >= 0.3 is 6.16 Å². The van der Waals surface area contributed by atoms with Gasteiger partial charge in [-0.25, -0.2) is 23.5 Å². The Kier molecular flexibility index (Phi) is 9.89. The Hall–Kier alpha value is -5.93. The first-order valence-corrected chi connectivity index (χ1v) is 18.8. The van der Waals surface area contributed by atoms with Gasteiger partial charge in [0.2, 0.25) is 0 Å². The fourth-order valence-corrected chi connectivity index (χ4v) is 7.90. The molecule has 54 heavy (non-hydrogen) atoms. The first-order chi connectivity index (χ1) is 26.4. The number of carbonyl (C=O) groups excluding carboxylic acids is 3. The first-order valence-electron chi connectivity index (χ1n) is 17.2. The second kappa shape index (κ2) is 15.2. The smallest absolute Gasteiger partial charge is 0.391 e. The number of halogens is 2. The van der Waals surface area contributed by atoms with E-state index in [2.05, 4.69) is 28.5 Å². The van der Waals surface area contributed by atoms with Gasteiger partial charge in [-0.1, -0.05) is 0 Å². The van der Waals surface area contributed by atoms with Gasteiger partial charge in [0.1, 0.15) is 10.0 Å². The zero-order chi connectivity index (χ0) is 37.2. The average molecular weight is 765 g/mol. The third-order valence-corrected chi connectivity index (χ3v) is 10.8. The van der Waals surface area contributed by atoms with Gasteiger partial charge in [0.25, 0.3) is 0 Å². The summed E-state index contributed by atoms with van der Waals surface area (Å²) >= 11 is 2.03.